The minimum absolute atomic E-state index is 0.0714. The van der Waals surface area contributed by atoms with Crippen molar-refractivity contribution in [1.29, 1.82) is 0 Å². The van der Waals surface area contributed by atoms with Gasteiger partial charge in [-0.2, -0.15) is 0 Å². The van der Waals surface area contributed by atoms with Gasteiger partial charge in [0.05, 0.1) is 17.4 Å². The molecule has 0 saturated heterocycles. The van der Waals surface area contributed by atoms with Crippen LogP contribution in [0.15, 0.2) is 42.6 Å². The van der Waals surface area contributed by atoms with Crippen molar-refractivity contribution in [1.82, 2.24) is 14.8 Å². The lowest BCUT2D eigenvalue weighted by atomic mass is 10.0. The van der Waals surface area contributed by atoms with Gasteiger partial charge in [-0.1, -0.05) is 13.0 Å². The summed E-state index contributed by atoms with van der Waals surface area (Å²) >= 11 is 0. The molecule has 8 nitrogen and oxygen atoms in total. The zero-order chi connectivity index (χ0) is 24.0. The summed E-state index contributed by atoms with van der Waals surface area (Å²) in [5, 5.41) is 2.74. The molecule has 0 aliphatic carbocycles. The third kappa shape index (κ3) is 6.52. The smallest absolute Gasteiger partial charge is 0.257 e. The van der Waals surface area contributed by atoms with Crippen LogP contribution in [-0.4, -0.2) is 72.6 Å². The average Bonchev–Trinajstić information content (AvgIpc) is 2.80. The van der Waals surface area contributed by atoms with Gasteiger partial charge in [-0.05, 0) is 43.2 Å². The van der Waals surface area contributed by atoms with E-state index in [0.29, 0.717) is 36.7 Å². The first-order valence-electron chi connectivity index (χ1n) is 11.2. The van der Waals surface area contributed by atoms with Crippen LogP contribution < -0.4 is 10.1 Å². The number of ether oxygens (including phenoxy) is 2. The predicted octanol–water partition coefficient (Wildman–Crippen LogP) is 3.05. The van der Waals surface area contributed by atoms with E-state index in [9.17, 15) is 9.59 Å². The van der Waals surface area contributed by atoms with Crippen molar-refractivity contribution >= 4 is 17.5 Å². The highest BCUT2D eigenvalue weighted by Crippen LogP contribution is 2.26. The van der Waals surface area contributed by atoms with E-state index in [1.165, 1.54) is 6.92 Å². The molecule has 0 radical (unpaired) electrons. The molecule has 0 fully saturated rings. The zero-order valence-corrected chi connectivity index (χ0v) is 20.1. The zero-order valence-electron chi connectivity index (χ0n) is 20.1. The van der Waals surface area contributed by atoms with Gasteiger partial charge in [0.2, 0.25) is 5.91 Å². The lowest BCUT2D eigenvalue weighted by molar-refractivity contribution is -0.114. The first-order valence-corrected chi connectivity index (χ1v) is 11.2. The van der Waals surface area contributed by atoms with E-state index in [1.54, 1.807) is 43.5 Å². The second-order valence-corrected chi connectivity index (χ2v) is 8.74. The summed E-state index contributed by atoms with van der Waals surface area (Å²) in [5.41, 5.74) is 1.96. The van der Waals surface area contributed by atoms with Crippen molar-refractivity contribution < 1.29 is 19.1 Å². The van der Waals surface area contributed by atoms with Crippen LogP contribution in [0.4, 0.5) is 5.69 Å². The molecule has 3 atom stereocenters. The molecule has 8 heteroatoms. The Kier molecular flexibility index (Phi) is 8.41. The number of amides is 2. The number of carbonyl (C=O) groups is 2. The highest BCUT2D eigenvalue weighted by molar-refractivity contribution is 5.99. The van der Waals surface area contributed by atoms with Crippen molar-refractivity contribution in [2.75, 3.05) is 39.2 Å². The number of hydrogen-bond acceptors (Lipinski definition) is 6. The Bertz CT molecular complexity index is 953. The molecule has 0 saturated carbocycles. The van der Waals surface area contributed by atoms with E-state index in [4.69, 9.17) is 9.47 Å². The second-order valence-electron chi connectivity index (χ2n) is 8.74. The van der Waals surface area contributed by atoms with Crippen molar-refractivity contribution in [3.05, 3.63) is 53.9 Å². The van der Waals surface area contributed by atoms with E-state index in [1.807, 2.05) is 18.2 Å². The maximum Gasteiger partial charge on any atom is 0.257 e. The van der Waals surface area contributed by atoms with Crippen molar-refractivity contribution in [3.8, 4) is 5.75 Å². The molecule has 1 aliphatic heterocycles. The van der Waals surface area contributed by atoms with Crippen LogP contribution in [-0.2, 0) is 16.1 Å². The van der Waals surface area contributed by atoms with Crippen LogP contribution in [0, 0.1) is 5.92 Å². The molecule has 33 heavy (non-hydrogen) atoms. The van der Waals surface area contributed by atoms with Crippen LogP contribution in [0.25, 0.3) is 0 Å². The number of methoxy groups -OCH3 is 1. The van der Waals surface area contributed by atoms with E-state index in [0.717, 1.165) is 12.2 Å². The number of nitrogens with one attached hydrogen (secondary N) is 1. The third-order valence-electron chi connectivity index (χ3n) is 5.99. The fraction of sp³-hybridized carbons (Fsp3) is 0.480. The van der Waals surface area contributed by atoms with Gasteiger partial charge in [0.25, 0.3) is 5.91 Å². The Hall–Kier alpha value is -2.97. The quantitative estimate of drug-likeness (QED) is 0.765. The van der Waals surface area contributed by atoms with Crippen molar-refractivity contribution in [3.63, 3.8) is 0 Å². The molecule has 3 rings (SSSR count). The summed E-state index contributed by atoms with van der Waals surface area (Å²) in [4.78, 5) is 33.3. The van der Waals surface area contributed by atoms with Gasteiger partial charge in [0.1, 0.15) is 12.4 Å². The lowest BCUT2D eigenvalue weighted by Crippen LogP contribution is -2.46. The van der Waals surface area contributed by atoms with Gasteiger partial charge in [0.15, 0.2) is 0 Å². The molecule has 2 heterocycles. The highest BCUT2D eigenvalue weighted by atomic mass is 16.5. The average molecular weight is 455 g/mol. The van der Waals surface area contributed by atoms with Gasteiger partial charge in [-0.15, -0.1) is 0 Å². The monoisotopic (exact) mass is 454 g/mol. The maximum atomic E-state index is 13.3. The van der Waals surface area contributed by atoms with E-state index < -0.39 is 0 Å². The standard InChI is InChI=1S/C25H34N4O4/c1-17-13-29(14-21-8-6-7-11-26-21)18(2)16-33-23-10-9-20(27-19(3)30)12-22(23)25(31)28(4)15-24(17)32-5/h6-12,17-18,24H,13-16H2,1-5H3,(H,27,30)/t17-,18+,24+/m0/s1. The number of pyridine rings is 1. The minimum Gasteiger partial charge on any atom is -0.491 e. The van der Waals surface area contributed by atoms with E-state index in [2.05, 4.69) is 29.0 Å². The minimum atomic E-state index is -0.197. The molecule has 0 spiro atoms. The summed E-state index contributed by atoms with van der Waals surface area (Å²) in [6.45, 7) is 7.99. The molecule has 2 aromatic rings. The fourth-order valence-electron chi connectivity index (χ4n) is 4.05. The Labute approximate surface area is 195 Å². The topological polar surface area (TPSA) is 84.0 Å². The molecule has 1 aliphatic rings. The Morgan fingerprint density at radius 1 is 1.24 bits per heavy atom. The number of anilines is 1. The summed E-state index contributed by atoms with van der Waals surface area (Å²) < 4.78 is 12.0. The molecule has 0 unspecified atom stereocenters. The maximum absolute atomic E-state index is 13.3. The first-order chi connectivity index (χ1) is 15.8. The van der Waals surface area contributed by atoms with Crippen molar-refractivity contribution in [2.45, 2.75) is 39.5 Å². The molecule has 0 bridgehead atoms. The van der Waals surface area contributed by atoms with E-state index in [-0.39, 0.29) is 29.9 Å². The number of rotatable bonds is 4. The number of nitrogens with zero attached hydrogens (tertiary/aromatic N) is 3. The van der Waals surface area contributed by atoms with E-state index >= 15 is 0 Å². The molecule has 1 aromatic heterocycles. The fourth-order valence-corrected chi connectivity index (χ4v) is 4.05. The molecule has 1 N–H and O–H groups in total. The van der Waals surface area contributed by atoms with Crippen LogP contribution in [0.1, 0.15) is 36.8 Å². The van der Waals surface area contributed by atoms with Crippen LogP contribution in [0.5, 0.6) is 5.75 Å². The number of aromatic nitrogens is 1. The third-order valence-corrected chi connectivity index (χ3v) is 5.99. The highest BCUT2D eigenvalue weighted by Gasteiger charge is 2.28. The van der Waals surface area contributed by atoms with Crippen LogP contribution >= 0.6 is 0 Å². The molecule has 1 aromatic carbocycles. The van der Waals surface area contributed by atoms with Gasteiger partial charge in [0, 0.05) is 58.6 Å². The second kappa shape index (κ2) is 11.2. The van der Waals surface area contributed by atoms with Gasteiger partial charge >= 0.3 is 0 Å². The Morgan fingerprint density at radius 3 is 2.70 bits per heavy atom. The van der Waals surface area contributed by atoms with Gasteiger partial charge in [-0.25, -0.2) is 0 Å². The normalized spacial score (nSPS) is 22.5. The number of fused-ring (bicyclic) bond motifs is 1. The number of benzene rings is 1. The van der Waals surface area contributed by atoms with Crippen LogP contribution in [0.2, 0.25) is 0 Å². The lowest BCUT2D eigenvalue weighted by Gasteiger charge is -2.35. The number of hydrogen-bond donors (Lipinski definition) is 1. The predicted molar refractivity (Wildman–Crippen MR) is 127 cm³/mol. The molecular weight excluding hydrogens is 420 g/mol. The summed E-state index contributed by atoms with van der Waals surface area (Å²) in [6, 6.07) is 11.2. The molecule has 178 valence electrons. The SMILES string of the molecule is CO[C@@H]1CN(C)C(=O)c2cc(NC(C)=O)ccc2OC[C@@H](C)N(Cc2ccccn2)C[C@@H]1C. The Balaban J connectivity index is 1.94. The summed E-state index contributed by atoms with van der Waals surface area (Å²) in [7, 11) is 3.44. The van der Waals surface area contributed by atoms with Gasteiger partial charge in [-0.3, -0.25) is 19.5 Å². The molecule has 2 amide bonds. The van der Waals surface area contributed by atoms with Gasteiger partial charge < -0.3 is 19.7 Å². The summed E-state index contributed by atoms with van der Waals surface area (Å²) in [6.07, 6.45) is 1.66. The summed E-state index contributed by atoms with van der Waals surface area (Å²) in [5.74, 6) is 0.288. The first kappa shape index (κ1) is 24.7. The number of likely N-dealkylation sites (N-methyl/N-ethyl adjacent to an activating group) is 1. The van der Waals surface area contributed by atoms with Crippen LogP contribution in [0.3, 0.4) is 0 Å². The number of carbonyl (C=O) groups excluding carboxylic acids is 2. The molecular formula is C25H34N4O4. The van der Waals surface area contributed by atoms with Crippen molar-refractivity contribution in [2.24, 2.45) is 5.92 Å². The Morgan fingerprint density at radius 2 is 2.03 bits per heavy atom. The largest absolute Gasteiger partial charge is 0.491 e.